The average molecular weight is 195 g/mol. The number of carboxylic acids is 1. The molecule has 1 N–H and O–H groups in total. The number of aryl methyl sites for hydroxylation is 1. The van der Waals surface area contributed by atoms with Crippen molar-refractivity contribution in [1.82, 2.24) is 14.3 Å². The number of aromatic carboxylic acids is 1. The van der Waals surface area contributed by atoms with Gasteiger partial charge in [-0.2, -0.15) is 4.37 Å². The first kappa shape index (κ1) is 8.06. The molecule has 13 heavy (non-hydrogen) atoms. The highest BCUT2D eigenvalue weighted by Crippen LogP contribution is 2.21. The van der Waals surface area contributed by atoms with Gasteiger partial charge in [0.1, 0.15) is 11.8 Å². The van der Waals surface area contributed by atoms with Gasteiger partial charge >= 0.3 is 5.97 Å². The second-order valence-corrected chi connectivity index (χ2v) is 3.25. The molecule has 0 fully saturated rings. The Morgan fingerprint density at radius 3 is 3.00 bits per heavy atom. The fraction of sp³-hybridized carbons (Fsp3) is 0.143. The Balaban J connectivity index is 2.83. The molecule has 0 aromatic carbocycles. The monoisotopic (exact) mass is 195 g/mol. The van der Waals surface area contributed by atoms with Crippen LogP contribution in [0.15, 0.2) is 6.33 Å². The van der Waals surface area contributed by atoms with Gasteiger partial charge in [0.25, 0.3) is 0 Å². The van der Waals surface area contributed by atoms with E-state index >= 15 is 0 Å². The van der Waals surface area contributed by atoms with Crippen LogP contribution in [0.4, 0.5) is 0 Å². The number of aromatic nitrogens is 3. The van der Waals surface area contributed by atoms with E-state index in [-0.39, 0.29) is 5.69 Å². The third-order valence-corrected chi connectivity index (χ3v) is 2.58. The summed E-state index contributed by atoms with van der Waals surface area (Å²) < 4.78 is 4.53. The second-order valence-electron chi connectivity index (χ2n) is 2.47. The third kappa shape index (κ3) is 1.15. The van der Waals surface area contributed by atoms with Crippen LogP contribution in [0.5, 0.6) is 0 Å². The number of carbonyl (C=O) groups is 1. The lowest BCUT2D eigenvalue weighted by molar-refractivity contribution is 0.0694. The van der Waals surface area contributed by atoms with E-state index in [9.17, 15) is 4.79 Å². The van der Waals surface area contributed by atoms with Gasteiger partial charge < -0.3 is 5.11 Å². The van der Waals surface area contributed by atoms with Gasteiger partial charge in [0.15, 0.2) is 5.69 Å². The van der Waals surface area contributed by atoms with Gasteiger partial charge in [0.2, 0.25) is 0 Å². The molecule has 5 nitrogen and oxygen atoms in total. The summed E-state index contributed by atoms with van der Waals surface area (Å²) in [4.78, 5) is 18.5. The van der Waals surface area contributed by atoms with Crippen LogP contribution >= 0.6 is 11.5 Å². The maximum absolute atomic E-state index is 10.7. The zero-order valence-electron chi connectivity index (χ0n) is 6.68. The van der Waals surface area contributed by atoms with Crippen LogP contribution < -0.4 is 0 Å². The molecule has 0 amide bonds. The number of carboxylic acid groups (broad SMARTS) is 1. The van der Waals surface area contributed by atoms with Crippen molar-refractivity contribution in [2.45, 2.75) is 6.92 Å². The Morgan fingerprint density at radius 1 is 1.54 bits per heavy atom. The standard InChI is InChI=1S/C7H5N3O2S/c1-3-6-4(9-2-8-3)5(7(11)12)10-13-6/h2H,1H3,(H,11,12). The van der Waals surface area contributed by atoms with Gasteiger partial charge in [0, 0.05) is 0 Å². The molecule has 0 unspecified atom stereocenters. The molecular weight excluding hydrogens is 190 g/mol. The quantitative estimate of drug-likeness (QED) is 0.737. The predicted octanol–water partition coefficient (Wildman–Crippen LogP) is 1.09. The van der Waals surface area contributed by atoms with E-state index in [0.717, 1.165) is 21.9 Å². The molecule has 0 saturated heterocycles. The zero-order chi connectivity index (χ0) is 9.42. The van der Waals surface area contributed by atoms with Crippen LogP contribution in [-0.4, -0.2) is 25.4 Å². The maximum Gasteiger partial charge on any atom is 0.357 e. The van der Waals surface area contributed by atoms with Crippen LogP contribution in [0, 0.1) is 6.92 Å². The van der Waals surface area contributed by atoms with Crippen molar-refractivity contribution in [2.24, 2.45) is 0 Å². The lowest BCUT2D eigenvalue weighted by Crippen LogP contribution is -1.97. The van der Waals surface area contributed by atoms with Crippen molar-refractivity contribution in [2.75, 3.05) is 0 Å². The molecule has 2 rings (SSSR count). The summed E-state index contributed by atoms with van der Waals surface area (Å²) in [6.07, 6.45) is 1.35. The molecule has 6 heteroatoms. The molecule has 0 bridgehead atoms. The summed E-state index contributed by atoms with van der Waals surface area (Å²) in [5.74, 6) is -1.05. The van der Waals surface area contributed by atoms with Crippen LogP contribution in [0.3, 0.4) is 0 Å². The van der Waals surface area contributed by atoms with Crippen molar-refractivity contribution in [3.63, 3.8) is 0 Å². The lowest BCUT2D eigenvalue weighted by Gasteiger charge is -1.91. The van der Waals surface area contributed by atoms with Crippen molar-refractivity contribution in [3.05, 3.63) is 17.7 Å². The van der Waals surface area contributed by atoms with Crippen LogP contribution in [0.25, 0.3) is 10.2 Å². The summed E-state index contributed by atoms with van der Waals surface area (Å²) in [7, 11) is 0. The molecule has 0 aliphatic rings. The van der Waals surface area contributed by atoms with Crippen molar-refractivity contribution in [1.29, 1.82) is 0 Å². The molecule has 0 aliphatic carbocycles. The predicted molar refractivity (Wildman–Crippen MR) is 46.9 cm³/mol. The minimum absolute atomic E-state index is 0.00509. The summed E-state index contributed by atoms with van der Waals surface area (Å²) in [5, 5.41) is 8.75. The number of fused-ring (bicyclic) bond motifs is 1. The minimum atomic E-state index is -1.05. The van der Waals surface area contributed by atoms with E-state index in [1.54, 1.807) is 6.92 Å². The van der Waals surface area contributed by atoms with Crippen molar-refractivity contribution < 1.29 is 9.90 Å². The van der Waals surface area contributed by atoms with Crippen molar-refractivity contribution >= 4 is 27.7 Å². The van der Waals surface area contributed by atoms with Gasteiger partial charge in [-0.1, -0.05) is 0 Å². The van der Waals surface area contributed by atoms with Gasteiger partial charge in [-0.3, -0.25) is 0 Å². The highest BCUT2D eigenvalue weighted by Gasteiger charge is 2.15. The molecule has 0 radical (unpaired) electrons. The highest BCUT2D eigenvalue weighted by atomic mass is 32.1. The normalized spacial score (nSPS) is 10.5. The fourth-order valence-corrected chi connectivity index (χ4v) is 1.78. The third-order valence-electron chi connectivity index (χ3n) is 1.64. The largest absolute Gasteiger partial charge is 0.476 e. The van der Waals surface area contributed by atoms with Crippen LogP contribution in [0.2, 0.25) is 0 Å². The molecule has 2 aromatic heterocycles. The molecule has 2 aromatic rings. The Bertz CT molecular complexity index is 480. The average Bonchev–Trinajstić information content (AvgIpc) is 2.48. The van der Waals surface area contributed by atoms with Crippen LogP contribution in [0.1, 0.15) is 16.2 Å². The van der Waals surface area contributed by atoms with Gasteiger partial charge in [-0.15, -0.1) is 0 Å². The summed E-state index contributed by atoms with van der Waals surface area (Å²) in [6.45, 7) is 1.80. The first-order valence-corrected chi connectivity index (χ1v) is 4.28. The molecule has 2 heterocycles. The smallest absolute Gasteiger partial charge is 0.357 e. The van der Waals surface area contributed by atoms with Gasteiger partial charge in [0.05, 0.1) is 10.4 Å². The number of hydrogen-bond acceptors (Lipinski definition) is 5. The Kier molecular flexibility index (Phi) is 1.70. The summed E-state index contributed by atoms with van der Waals surface area (Å²) >= 11 is 1.11. The number of rotatable bonds is 1. The molecule has 0 atom stereocenters. The van der Waals surface area contributed by atoms with E-state index in [2.05, 4.69) is 14.3 Å². The van der Waals surface area contributed by atoms with E-state index in [0.29, 0.717) is 5.52 Å². The Labute approximate surface area is 77.2 Å². The SMILES string of the molecule is Cc1ncnc2c(C(=O)O)nsc12. The van der Waals surface area contributed by atoms with E-state index in [1.165, 1.54) is 6.33 Å². The number of hydrogen-bond donors (Lipinski definition) is 1. The number of nitrogens with zero attached hydrogens (tertiary/aromatic N) is 3. The Morgan fingerprint density at radius 2 is 2.31 bits per heavy atom. The highest BCUT2D eigenvalue weighted by molar-refractivity contribution is 7.13. The first-order valence-electron chi connectivity index (χ1n) is 3.50. The zero-order valence-corrected chi connectivity index (χ0v) is 7.50. The minimum Gasteiger partial charge on any atom is -0.476 e. The second kappa shape index (κ2) is 2.74. The molecule has 66 valence electrons. The van der Waals surface area contributed by atoms with Crippen LogP contribution in [-0.2, 0) is 0 Å². The molecular formula is C7H5N3O2S. The van der Waals surface area contributed by atoms with Gasteiger partial charge in [-0.25, -0.2) is 14.8 Å². The summed E-state index contributed by atoms with van der Waals surface area (Å²) in [5.41, 5.74) is 1.19. The van der Waals surface area contributed by atoms with E-state index in [4.69, 9.17) is 5.11 Å². The first-order chi connectivity index (χ1) is 6.20. The van der Waals surface area contributed by atoms with Crippen molar-refractivity contribution in [3.8, 4) is 0 Å². The topological polar surface area (TPSA) is 76.0 Å². The molecule has 0 aliphatic heterocycles. The molecule has 0 spiro atoms. The fourth-order valence-electron chi connectivity index (χ4n) is 1.01. The Hall–Kier alpha value is -1.56. The maximum atomic E-state index is 10.7. The molecule has 0 saturated carbocycles. The summed E-state index contributed by atoms with van der Waals surface area (Å²) in [6, 6.07) is 0. The van der Waals surface area contributed by atoms with E-state index < -0.39 is 5.97 Å². The van der Waals surface area contributed by atoms with Gasteiger partial charge in [-0.05, 0) is 18.5 Å². The lowest BCUT2D eigenvalue weighted by atomic mass is 10.3. The van der Waals surface area contributed by atoms with E-state index in [1.807, 2.05) is 0 Å².